The van der Waals surface area contributed by atoms with Gasteiger partial charge in [0, 0.05) is 6.61 Å². The van der Waals surface area contributed by atoms with Gasteiger partial charge in [-0.3, -0.25) is 0 Å². The molecule has 0 aromatic carbocycles. The molecule has 1 fully saturated rings. The Hall–Kier alpha value is -0.120. The molecule has 78 valence electrons. The summed E-state index contributed by atoms with van der Waals surface area (Å²) in [6.45, 7) is 1.51. The van der Waals surface area contributed by atoms with Crippen molar-refractivity contribution in [2.24, 2.45) is 5.73 Å². The summed E-state index contributed by atoms with van der Waals surface area (Å²) >= 11 is 0. The van der Waals surface area contributed by atoms with Gasteiger partial charge in [-0.15, -0.1) is 0 Å². The average Bonchev–Trinajstić information content (AvgIpc) is 2.57. The van der Waals surface area contributed by atoms with Crippen LogP contribution in [-0.2, 0) is 4.74 Å². The van der Waals surface area contributed by atoms with Gasteiger partial charge in [-0.25, -0.2) is 0 Å². The van der Waals surface area contributed by atoms with Crippen LogP contribution in [0.2, 0.25) is 0 Å². The van der Waals surface area contributed by atoms with Gasteiger partial charge in [-0.2, -0.15) is 0 Å². The fourth-order valence-electron chi connectivity index (χ4n) is 1.79. The van der Waals surface area contributed by atoms with Crippen LogP contribution in [0.4, 0.5) is 0 Å². The standard InChI is InChI=1S/C10H21NO2/c11-7-6-9(12)3-1-4-10-5-2-8-13-10/h9-10,12H,1-8,11H2. The van der Waals surface area contributed by atoms with Crippen LogP contribution in [0.1, 0.15) is 38.5 Å². The summed E-state index contributed by atoms with van der Waals surface area (Å²) in [6.07, 6.45) is 6.43. The molecule has 0 aromatic rings. The molecule has 0 aliphatic carbocycles. The monoisotopic (exact) mass is 187 g/mol. The fourth-order valence-corrected chi connectivity index (χ4v) is 1.79. The summed E-state index contributed by atoms with van der Waals surface area (Å²) in [5.41, 5.74) is 5.34. The Morgan fingerprint density at radius 3 is 2.92 bits per heavy atom. The van der Waals surface area contributed by atoms with Crippen molar-refractivity contribution in [2.75, 3.05) is 13.2 Å². The molecule has 0 amide bonds. The molecule has 2 unspecified atom stereocenters. The lowest BCUT2D eigenvalue weighted by Gasteiger charge is -2.11. The lowest BCUT2D eigenvalue weighted by molar-refractivity contribution is 0.0936. The molecule has 0 spiro atoms. The van der Waals surface area contributed by atoms with Crippen LogP contribution < -0.4 is 5.73 Å². The zero-order chi connectivity index (χ0) is 9.52. The predicted octanol–water partition coefficient (Wildman–Crippen LogP) is 1.05. The maximum Gasteiger partial charge on any atom is 0.0576 e. The second kappa shape index (κ2) is 6.35. The van der Waals surface area contributed by atoms with Gasteiger partial charge in [0.05, 0.1) is 12.2 Å². The lowest BCUT2D eigenvalue weighted by atomic mass is 10.1. The maximum absolute atomic E-state index is 9.40. The van der Waals surface area contributed by atoms with Crippen molar-refractivity contribution in [3.63, 3.8) is 0 Å². The van der Waals surface area contributed by atoms with E-state index in [-0.39, 0.29) is 6.10 Å². The molecule has 3 nitrogen and oxygen atoms in total. The third-order valence-electron chi connectivity index (χ3n) is 2.59. The Morgan fingerprint density at radius 2 is 2.31 bits per heavy atom. The van der Waals surface area contributed by atoms with Crippen LogP contribution in [0.5, 0.6) is 0 Å². The number of rotatable bonds is 6. The highest BCUT2D eigenvalue weighted by atomic mass is 16.5. The second-order valence-electron chi connectivity index (χ2n) is 3.80. The van der Waals surface area contributed by atoms with Crippen molar-refractivity contribution in [3.05, 3.63) is 0 Å². The van der Waals surface area contributed by atoms with Crippen molar-refractivity contribution in [3.8, 4) is 0 Å². The topological polar surface area (TPSA) is 55.5 Å². The first-order valence-electron chi connectivity index (χ1n) is 5.32. The summed E-state index contributed by atoms with van der Waals surface area (Å²) in [5, 5.41) is 9.40. The van der Waals surface area contributed by atoms with Crippen molar-refractivity contribution in [2.45, 2.75) is 50.7 Å². The molecule has 13 heavy (non-hydrogen) atoms. The number of aliphatic hydroxyl groups excluding tert-OH is 1. The van der Waals surface area contributed by atoms with Crippen LogP contribution in [0, 0.1) is 0 Å². The molecule has 1 aliphatic rings. The highest BCUT2D eigenvalue weighted by Gasteiger charge is 2.15. The number of hydrogen-bond donors (Lipinski definition) is 2. The minimum Gasteiger partial charge on any atom is -0.393 e. The number of ether oxygens (including phenoxy) is 1. The Labute approximate surface area is 80.3 Å². The molecule has 0 bridgehead atoms. The fraction of sp³-hybridized carbons (Fsp3) is 1.00. The van der Waals surface area contributed by atoms with Crippen LogP contribution in [0.25, 0.3) is 0 Å². The third kappa shape index (κ3) is 4.60. The molecule has 0 radical (unpaired) electrons. The van der Waals surface area contributed by atoms with Gasteiger partial charge < -0.3 is 15.6 Å². The molecule has 0 saturated carbocycles. The van der Waals surface area contributed by atoms with Crippen LogP contribution in [0.3, 0.4) is 0 Å². The smallest absolute Gasteiger partial charge is 0.0576 e. The van der Waals surface area contributed by atoms with Gasteiger partial charge in [0.2, 0.25) is 0 Å². The average molecular weight is 187 g/mol. The Kier molecular flexibility index (Phi) is 5.35. The number of aliphatic hydroxyl groups is 1. The predicted molar refractivity (Wildman–Crippen MR) is 52.5 cm³/mol. The summed E-state index contributed by atoms with van der Waals surface area (Å²) in [5.74, 6) is 0. The third-order valence-corrected chi connectivity index (χ3v) is 2.59. The minimum atomic E-state index is -0.202. The van der Waals surface area contributed by atoms with Crippen molar-refractivity contribution in [1.29, 1.82) is 0 Å². The molecule has 1 heterocycles. The van der Waals surface area contributed by atoms with E-state index in [2.05, 4.69) is 0 Å². The zero-order valence-corrected chi connectivity index (χ0v) is 8.24. The van der Waals surface area contributed by atoms with E-state index >= 15 is 0 Å². The van der Waals surface area contributed by atoms with E-state index in [1.165, 1.54) is 12.8 Å². The first-order valence-corrected chi connectivity index (χ1v) is 5.32. The molecular formula is C10H21NO2. The summed E-state index contributed by atoms with van der Waals surface area (Å²) in [4.78, 5) is 0. The summed E-state index contributed by atoms with van der Waals surface area (Å²) in [6, 6.07) is 0. The van der Waals surface area contributed by atoms with E-state index in [4.69, 9.17) is 10.5 Å². The lowest BCUT2D eigenvalue weighted by Crippen LogP contribution is -2.14. The Balaban J connectivity index is 1.93. The van der Waals surface area contributed by atoms with Gasteiger partial charge in [-0.05, 0) is 45.1 Å². The first kappa shape index (κ1) is 11.0. The van der Waals surface area contributed by atoms with Crippen LogP contribution in [-0.4, -0.2) is 30.5 Å². The van der Waals surface area contributed by atoms with Gasteiger partial charge in [0.15, 0.2) is 0 Å². The van der Waals surface area contributed by atoms with Crippen LogP contribution >= 0.6 is 0 Å². The van der Waals surface area contributed by atoms with E-state index in [9.17, 15) is 5.11 Å². The highest BCUT2D eigenvalue weighted by Crippen LogP contribution is 2.18. The molecule has 3 N–H and O–H groups in total. The molecule has 1 rings (SSSR count). The normalized spacial score (nSPS) is 24.9. The van der Waals surface area contributed by atoms with Crippen molar-refractivity contribution < 1.29 is 9.84 Å². The summed E-state index contributed by atoms with van der Waals surface area (Å²) in [7, 11) is 0. The first-order chi connectivity index (χ1) is 6.33. The van der Waals surface area contributed by atoms with Crippen LogP contribution in [0.15, 0.2) is 0 Å². The van der Waals surface area contributed by atoms with E-state index in [0.29, 0.717) is 12.6 Å². The molecule has 1 aliphatic heterocycles. The Morgan fingerprint density at radius 1 is 1.46 bits per heavy atom. The van der Waals surface area contributed by atoms with Crippen molar-refractivity contribution >= 4 is 0 Å². The van der Waals surface area contributed by atoms with E-state index < -0.39 is 0 Å². The van der Waals surface area contributed by atoms with Crippen molar-refractivity contribution in [1.82, 2.24) is 0 Å². The molecule has 3 heteroatoms. The Bertz CT molecular complexity index is 124. The van der Waals surface area contributed by atoms with Gasteiger partial charge in [-0.1, -0.05) is 0 Å². The quantitative estimate of drug-likeness (QED) is 0.653. The number of hydrogen-bond acceptors (Lipinski definition) is 3. The SMILES string of the molecule is NCCC(O)CCCC1CCCO1. The van der Waals surface area contributed by atoms with E-state index in [1.807, 2.05) is 0 Å². The number of nitrogens with two attached hydrogens (primary N) is 1. The molecule has 2 atom stereocenters. The maximum atomic E-state index is 9.40. The van der Waals surface area contributed by atoms with Gasteiger partial charge in [0.1, 0.15) is 0 Å². The largest absolute Gasteiger partial charge is 0.393 e. The van der Waals surface area contributed by atoms with Gasteiger partial charge in [0.25, 0.3) is 0 Å². The highest BCUT2D eigenvalue weighted by molar-refractivity contribution is 4.66. The van der Waals surface area contributed by atoms with E-state index in [1.54, 1.807) is 0 Å². The van der Waals surface area contributed by atoms with E-state index in [0.717, 1.165) is 32.3 Å². The van der Waals surface area contributed by atoms with Gasteiger partial charge >= 0.3 is 0 Å². The second-order valence-corrected chi connectivity index (χ2v) is 3.80. The molecule has 1 saturated heterocycles. The molecular weight excluding hydrogens is 166 g/mol. The minimum absolute atomic E-state index is 0.202. The summed E-state index contributed by atoms with van der Waals surface area (Å²) < 4.78 is 5.49. The molecule has 0 aromatic heterocycles. The zero-order valence-electron chi connectivity index (χ0n) is 8.24.